The van der Waals surface area contributed by atoms with E-state index in [0.29, 0.717) is 10.3 Å². The zero-order valence-electron chi connectivity index (χ0n) is 18.2. The van der Waals surface area contributed by atoms with E-state index < -0.39 is 21.5 Å². The van der Waals surface area contributed by atoms with Gasteiger partial charge in [-0.2, -0.15) is 0 Å². The predicted octanol–water partition coefficient (Wildman–Crippen LogP) is 5.50. The Kier molecular flexibility index (Phi) is 7.33. The number of rotatable bonds is 9. The molecule has 0 aliphatic heterocycles. The van der Waals surface area contributed by atoms with Crippen molar-refractivity contribution in [3.8, 4) is 0 Å². The van der Waals surface area contributed by atoms with Crippen LogP contribution in [0.3, 0.4) is 0 Å². The largest absolute Gasteiger partial charge is 0.284 e. The minimum absolute atomic E-state index is 0.00213. The highest BCUT2D eigenvalue weighted by molar-refractivity contribution is 7.90. The van der Waals surface area contributed by atoms with E-state index in [1.807, 2.05) is 36.4 Å². The Morgan fingerprint density at radius 1 is 0.941 bits per heavy atom. The number of anilines is 1. The molecule has 0 unspecified atom stereocenters. The van der Waals surface area contributed by atoms with Gasteiger partial charge < -0.3 is 0 Å². The van der Waals surface area contributed by atoms with Crippen LogP contribution in [0, 0.1) is 11.6 Å². The molecule has 0 saturated heterocycles. The molecule has 0 N–H and O–H groups in total. The molecule has 0 aliphatic carbocycles. The van der Waals surface area contributed by atoms with Gasteiger partial charge in [0.25, 0.3) is 0 Å². The van der Waals surface area contributed by atoms with Crippen molar-refractivity contribution in [2.45, 2.75) is 25.1 Å². The van der Waals surface area contributed by atoms with Gasteiger partial charge >= 0.3 is 0 Å². The van der Waals surface area contributed by atoms with E-state index in [1.54, 1.807) is 24.3 Å². The van der Waals surface area contributed by atoms with Crippen molar-refractivity contribution in [3.63, 3.8) is 0 Å². The molecule has 3 aromatic carbocycles. The van der Waals surface area contributed by atoms with E-state index in [9.17, 15) is 22.0 Å². The highest BCUT2D eigenvalue weighted by Gasteiger charge is 2.22. The summed E-state index contributed by atoms with van der Waals surface area (Å²) in [7, 11) is -3.39. The van der Waals surface area contributed by atoms with Crippen LogP contribution in [0.5, 0.6) is 0 Å². The molecule has 4 aromatic rings. The summed E-state index contributed by atoms with van der Waals surface area (Å²) in [4.78, 5) is 18.8. The number of carbonyl (C=O) groups is 1. The summed E-state index contributed by atoms with van der Waals surface area (Å²) in [5, 5.41) is 0.237. The molecule has 0 saturated carbocycles. The number of nitrogens with zero attached hydrogens (tertiary/aromatic N) is 2. The maximum atomic E-state index is 14.2. The molecule has 34 heavy (non-hydrogen) atoms. The molecule has 0 aliphatic rings. The maximum Gasteiger partial charge on any atom is 0.229 e. The molecule has 0 radical (unpaired) electrons. The smallest absolute Gasteiger partial charge is 0.229 e. The number of aromatic nitrogens is 1. The summed E-state index contributed by atoms with van der Waals surface area (Å²) >= 11 is 1.02. The number of sulfone groups is 1. The third-order valence-corrected chi connectivity index (χ3v) is 7.90. The topological polar surface area (TPSA) is 67.3 Å². The first-order valence-corrected chi connectivity index (χ1v) is 13.3. The van der Waals surface area contributed by atoms with E-state index in [4.69, 9.17) is 0 Å². The summed E-state index contributed by atoms with van der Waals surface area (Å²) in [5.74, 6) is -2.06. The van der Waals surface area contributed by atoms with Crippen LogP contribution < -0.4 is 4.90 Å². The molecule has 0 fully saturated rings. The molecule has 1 heterocycles. The molecule has 5 nitrogen and oxygen atoms in total. The SMILES string of the molecule is O=C(CCCS(=O)(=O)Cc1ccccc1)N(Cc1ccccc1)c1nc2c(F)cc(F)cc2s1. The van der Waals surface area contributed by atoms with Crippen molar-refractivity contribution < 1.29 is 22.0 Å². The Labute approximate surface area is 200 Å². The van der Waals surface area contributed by atoms with Crippen molar-refractivity contribution in [1.29, 1.82) is 0 Å². The molecule has 0 atom stereocenters. The fourth-order valence-electron chi connectivity index (χ4n) is 3.57. The van der Waals surface area contributed by atoms with Crippen molar-refractivity contribution >= 4 is 42.4 Å². The molecule has 4 rings (SSSR count). The van der Waals surface area contributed by atoms with Gasteiger partial charge in [0.05, 0.1) is 22.8 Å². The lowest BCUT2D eigenvalue weighted by Gasteiger charge is -2.20. The Balaban J connectivity index is 1.51. The molecule has 176 valence electrons. The van der Waals surface area contributed by atoms with Crippen LogP contribution in [0.1, 0.15) is 24.0 Å². The normalized spacial score (nSPS) is 11.6. The summed E-state index contributed by atoms with van der Waals surface area (Å²) in [6, 6.07) is 20.0. The Hall–Kier alpha value is -3.17. The van der Waals surface area contributed by atoms with Crippen LogP contribution in [0.2, 0.25) is 0 Å². The van der Waals surface area contributed by atoms with Crippen LogP contribution in [0.25, 0.3) is 10.2 Å². The van der Waals surface area contributed by atoms with Crippen molar-refractivity contribution in [2.75, 3.05) is 10.7 Å². The highest BCUT2D eigenvalue weighted by Crippen LogP contribution is 2.32. The fraction of sp³-hybridized carbons (Fsp3) is 0.200. The molecule has 1 amide bonds. The third kappa shape index (κ3) is 6.03. The summed E-state index contributed by atoms with van der Waals surface area (Å²) in [6.07, 6.45) is 0.126. The lowest BCUT2D eigenvalue weighted by molar-refractivity contribution is -0.118. The van der Waals surface area contributed by atoms with Gasteiger partial charge in [0.2, 0.25) is 5.91 Å². The maximum absolute atomic E-state index is 14.2. The molecule has 9 heteroatoms. The van der Waals surface area contributed by atoms with E-state index in [2.05, 4.69) is 4.98 Å². The minimum Gasteiger partial charge on any atom is -0.284 e. The van der Waals surface area contributed by atoms with E-state index in [-0.39, 0.29) is 47.4 Å². The average Bonchev–Trinajstić information content (AvgIpc) is 3.22. The van der Waals surface area contributed by atoms with Gasteiger partial charge in [-0.1, -0.05) is 72.0 Å². The number of benzene rings is 3. The standard InChI is InChI=1S/C25H22F2N2O3S2/c26-20-14-21(27)24-22(15-20)33-25(28-24)29(16-18-8-3-1-4-9-18)23(30)12-7-13-34(31,32)17-19-10-5-2-6-11-19/h1-6,8-11,14-15H,7,12-13,16-17H2. The van der Waals surface area contributed by atoms with Gasteiger partial charge in [0.15, 0.2) is 20.8 Å². The quantitative estimate of drug-likeness (QED) is 0.304. The number of hydrogen-bond donors (Lipinski definition) is 0. The summed E-state index contributed by atoms with van der Waals surface area (Å²) in [6.45, 7) is 0.181. The average molecular weight is 501 g/mol. The number of hydrogen-bond acceptors (Lipinski definition) is 5. The van der Waals surface area contributed by atoms with Gasteiger partial charge in [0.1, 0.15) is 11.3 Å². The second-order valence-electron chi connectivity index (χ2n) is 7.88. The van der Waals surface area contributed by atoms with Crippen molar-refractivity contribution in [3.05, 3.63) is 95.6 Å². The summed E-state index contributed by atoms with van der Waals surface area (Å²) < 4.78 is 53.1. The van der Waals surface area contributed by atoms with E-state index in [0.717, 1.165) is 23.0 Å². The van der Waals surface area contributed by atoms with Crippen molar-refractivity contribution in [1.82, 2.24) is 4.98 Å². The first-order chi connectivity index (χ1) is 16.3. The van der Waals surface area contributed by atoms with Gasteiger partial charge in [0, 0.05) is 12.5 Å². The Morgan fingerprint density at radius 2 is 1.59 bits per heavy atom. The van der Waals surface area contributed by atoms with Crippen LogP contribution in [0.15, 0.2) is 72.8 Å². The minimum atomic E-state index is -3.39. The zero-order valence-corrected chi connectivity index (χ0v) is 19.8. The van der Waals surface area contributed by atoms with Gasteiger partial charge in [-0.05, 0) is 23.6 Å². The second kappa shape index (κ2) is 10.4. The monoisotopic (exact) mass is 500 g/mol. The third-order valence-electron chi connectivity index (χ3n) is 5.19. The number of carbonyl (C=O) groups excluding carboxylic acids is 1. The second-order valence-corrected chi connectivity index (χ2v) is 11.1. The zero-order chi connectivity index (χ0) is 24.1. The van der Waals surface area contributed by atoms with Crippen molar-refractivity contribution in [2.24, 2.45) is 0 Å². The fourth-order valence-corrected chi connectivity index (χ4v) is 6.02. The van der Waals surface area contributed by atoms with E-state index >= 15 is 0 Å². The van der Waals surface area contributed by atoms with Crippen LogP contribution in [0.4, 0.5) is 13.9 Å². The highest BCUT2D eigenvalue weighted by atomic mass is 32.2. The first kappa shape index (κ1) is 24.0. The number of fused-ring (bicyclic) bond motifs is 1. The molecular weight excluding hydrogens is 478 g/mol. The molecule has 0 spiro atoms. The lowest BCUT2D eigenvalue weighted by atomic mass is 10.2. The molecule has 0 bridgehead atoms. The Bertz CT molecular complexity index is 1390. The van der Waals surface area contributed by atoms with Crippen LogP contribution in [-0.2, 0) is 26.9 Å². The Morgan fingerprint density at radius 3 is 2.26 bits per heavy atom. The van der Waals surface area contributed by atoms with Gasteiger partial charge in [-0.3, -0.25) is 9.69 Å². The lowest BCUT2D eigenvalue weighted by Crippen LogP contribution is -2.30. The van der Waals surface area contributed by atoms with E-state index in [1.165, 1.54) is 11.0 Å². The van der Waals surface area contributed by atoms with Crippen LogP contribution in [-0.4, -0.2) is 25.1 Å². The first-order valence-electron chi connectivity index (χ1n) is 10.6. The molecule has 1 aromatic heterocycles. The summed E-state index contributed by atoms with van der Waals surface area (Å²) in [5.41, 5.74) is 1.53. The van der Waals surface area contributed by atoms with Crippen LogP contribution >= 0.6 is 11.3 Å². The molecular formula is C25H22F2N2O3S2. The predicted molar refractivity (Wildman–Crippen MR) is 130 cm³/mol. The number of amides is 1. The number of halogens is 2. The number of thiazole rings is 1. The van der Waals surface area contributed by atoms with Gasteiger partial charge in [-0.15, -0.1) is 0 Å². The van der Waals surface area contributed by atoms with Gasteiger partial charge in [-0.25, -0.2) is 22.2 Å².